The molecular formula is C15H24N2. The minimum Gasteiger partial charge on any atom is -0.399 e. The van der Waals surface area contributed by atoms with Crippen molar-refractivity contribution in [3.63, 3.8) is 0 Å². The van der Waals surface area contributed by atoms with Gasteiger partial charge in [0.15, 0.2) is 0 Å². The second kappa shape index (κ2) is 5.54. The van der Waals surface area contributed by atoms with Crippen LogP contribution in [0.15, 0.2) is 24.3 Å². The molecule has 2 nitrogen and oxygen atoms in total. The molecule has 0 unspecified atom stereocenters. The molecule has 0 saturated heterocycles. The number of rotatable bonds is 7. The van der Waals surface area contributed by atoms with Crippen LogP contribution in [-0.2, 0) is 6.42 Å². The van der Waals surface area contributed by atoms with Crippen molar-refractivity contribution in [2.24, 2.45) is 5.41 Å². The van der Waals surface area contributed by atoms with Crippen molar-refractivity contribution in [3.05, 3.63) is 29.8 Å². The Morgan fingerprint density at radius 1 is 1.29 bits per heavy atom. The summed E-state index contributed by atoms with van der Waals surface area (Å²) in [7, 11) is 0. The fourth-order valence-corrected chi connectivity index (χ4v) is 2.35. The summed E-state index contributed by atoms with van der Waals surface area (Å²) in [5.41, 5.74) is 8.79. The van der Waals surface area contributed by atoms with E-state index in [2.05, 4.69) is 24.4 Å². The number of hydrogen-bond donors (Lipinski definition) is 2. The van der Waals surface area contributed by atoms with Gasteiger partial charge < -0.3 is 11.1 Å². The van der Waals surface area contributed by atoms with Crippen LogP contribution < -0.4 is 11.1 Å². The van der Waals surface area contributed by atoms with Gasteiger partial charge in [0.05, 0.1) is 0 Å². The van der Waals surface area contributed by atoms with E-state index in [1.165, 1.54) is 37.8 Å². The summed E-state index contributed by atoms with van der Waals surface area (Å²) in [5.74, 6) is 0. The highest BCUT2D eigenvalue weighted by molar-refractivity contribution is 5.46. The molecule has 1 aliphatic carbocycles. The van der Waals surface area contributed by atoms with Gasteiger partial charge in [0.25, 0.3) is 0 Å². The summed E-state index contributed by atoms with van der Waals surface area (Å²) in [5, 5.41) is 3.59. The average Bonchev–Trinajstić information content (AvgIpc) is 3.12. The van der Waals surface area contributed by atoms with E-state index in [9.17, 15) is 0 Å². The van der Waals surface area contributed by atoms with E-state index in [0.29, 0.717) is 5.41 Å². The molecule has 0 radical (unpaired) electrons. The molecule has 0 aromatic heterocycles. The molecule has 0 heterocycles. The number of nitrogen functional groups attached to an aromatic ring is 1. The third-order valence-corrected chi connectivity index (χ3v) is 4.06. The zero-order valence-corrected chi connectivity index (χ0v) is 10.8. The van der Waals surface area contributed by atoms with Gasteiger partial charge in [-0.05, 0) is 55.7 Å². The van der Waals surface area contributed by atoms with Crippen molar-refractivity contribution in [2.75, 3.05) is 18.8 Å². The van der Waals surface area contributed by atoms with E-state index < -0.39 is 0 Å². The van der Waals surface area contributed by atoms with Gasteiger partial charge in [-0.3, -0.25) is 0 Å². The van der Waals surface area contributed by atoms with Gasteiger partial charge in [-0.1, -0.05) is 25.1 Å². The van der Waals surface area contributed by atoms with Crippen LogP contribution >= 0.6 is 0 Å². The Kier molecular flexibility index (Phi) is 4.06. The Hall–Kier alpha value is -1.02. The zero-order valence-electron chi connectivity index (χ0n) is 10.8. The summed E-state index contributed by atoms with van der Waals surface area (Å²) < 4.78 is 0. The molecule has 0 bridgehead atoms. The van der Waals surface area contributed by atoms with E-state index in [1.807, 2.05) is 12.1 Å². The largest absolute Gasteiger partial charge is 0.399 e. The minimum atomic E-state index is 0.659. The van der Waals surface area contributed by atoms with Gasteiger partial charge in [0.2, 0.25) is 0 Å². The van der Waals surface area contributed by atoms with E-state index in [0.717, 1.165) is 18.7 Å². The molecule has 0 aliphatic heterocycles. The van der Waals surface area contributed by atoms with Crippen molar-refractivity contribution >= 4 is 5.69 Å². The van der Waals surface area contributed by atoms with Gasteiger partial charge in [-0.25, -0.2) is 0 Å². The summed E-state index contributed by atoms with van der Waals surface area (Å²) >= 11 is 0. The fourth-order valence-electron chi connectivity index (χ4n) is 2.35. The van der Waals surface area contributed by atoms with Crippen molar-refractivity contribution in [1.82, 2.24) is 5.32 Å². The summed E-state index contributed by atoms with van der Waals surface area (Å²) in [6.45, 7) is 4.61. The number of aryl methyl sites for hydroxylation is 1. The first-order chi connectivity index (χ1) is 8.26. The van der Waals surface area contributed by atoms with Gasteiger partial charge in [0.1, 0.15) is 0 Å². The first kappa shape index (κ1) is 12.4. The van der Waals surface area contributed by atoms with E-state index in [4.69, 9.17) is 5.73 Å². The Labute approximate surface area is 105 Å². The van der Waals surface area contributed by atoms with Gasteiger partial charge in [-0.15, -0.1) is 0 Å². The van der Waals surface area contributed by atoms with Crippen LogP contribution in [0.25, 0.3) is 0 Å². The lowest BCUT2D eigenvalue weighted by atomic mass is 10.0. The number of hydrogen-bond acceptors (Lipinski definition) is 2. The molecule has 2 rings (SSSR count). The molecule has 1 aromatic rings. The lowest BCUT2D eigenvalue weighted by Crippen LogP contribution is -2.24. The second-order valence-electron chi connectivity index (χ2n) is 5.33. The van der Waals surface area contributed by atoms with Crippen molar-refractivity contribution in [2.45, 2.75) is 39.0 Å². The molecule has 3 N–H and O–H groups in total. The lowest BCUT2D eigenvalue weighted by Gasteiger charge is -2.13. The van der Waals surface area contributed by atoms with Gasteiger partial charge in [-0.2, -0.15) is 0 Å². The smallest absolute Gasteiger partial charge is 0.0346 e. The monoisotopic (exact) mass is 232 g/mol. The Morgan fingerprint density at radius 3 is 2.71 bits per heavy atom. The fraction of sp³-hybridized carbons (Fsp3) is 0.600. The Balaban J connectivity index is 1.62. The zero-order chi connectivity index (χ0) is 12.1. The summed E-state index contributed by atoms with van der Waals surface area (Å²) in [6.07, 6.45) is 6.42. The third kappa shape index (κ3) is 3.47. The standard InChI is InChI=1S/C15H24N2/c1-2-15(9-10-15)12-17-11-5-7-13-6-3-4-8-14(13)16/h3-4,6,8,17H,2,5,7,9-12,16H2,1H3. The van der Waals surface area contributed by atoms with Crippen LogP contribution in [0.5, 0.6) is 0 Å². The lowest BCUT2D eigenvalue weighted by molar-refractivity contribution is 0.442. The van der Waals surface area contributed by atoms with Crippen LogP contribution in [0.1, 0.15) is 38.2 Å². The summed E-state index contributed by atoms with van der Waals surface area (Å²) in [4.78, 5) is 0. The van der Waals surface area contributed by atoms with Gasteiger partial charge >= 0.3 is 0 Å². The molecule has 94 valence electrons. The molecule has 1 aromatic carbocycles. The molecular weight excluding hydrogens is 208 g/mol. The SMILES string of the molecule is CCC1(CNCCCc2ccccc2N)CC1. The number of anilines is 1. The highest BCUT2D eigenvalue weighted by Gasteiger charge is 2.39. The molecule has 0 atom stereocenters. The number of nitrogens with one attached hydrogen (secondary N) is 1. The molecule has 17 heavy (non-hydrogen) atoms. The van der Waals surface area contributed by atoms with Crippen molar-refractivity contribution in [3.8, 4) is 0 Å². The molecule has 2 heteroatoms. The maximum atomic E-state index is 5.92. The number of para-hydroxylation sites is 1. The van der Waals surface area contributed by atoms with Crippen molar-refractivity contribution in [1.29, 1.82) is 0 Å². The molecule has 1 aliphatic rings. The Morgan fingerprint density at radius 2 is 2.06 bits per heavy atom. The highest BCUT2D eigenvalue weighted by Crippen LogP contribution is 2.47. The van der Waals surface area contributed by atoms with E-state index in [1.54, 1.807) is 0 Å². The minimum absolute atomic E-state index is 0.659. The number of benzene rings is 1. The maximum absolute atomic E-state index is 5.92. The molecule has 1 saturated carbocycles. The predicted octanol–water partition coefficient (Wildman–Crippen LogP) is 2.98. The summed E-state index contributed by atoms with van der Waals surface area (Å²) in [6, 6.07) is 8.17. The van der Waals surface area contributed by atoms with E-state index >= 15 is 0 Å². The molecule has 0 amide bonds. The Bertz CT molecular complexity index is 356. The molecule has 0 spiro atoms. The van der Waals surface area contributed by atoms with Gasteiger partial charge in [0, 0.05) is 12.2 Å². The van der Waals surface area contributed by atoms with Crippen LogP contribution in [0.4, 0.5) is 5.69 Å². The van der Waals surface area contributed by atoms with Crippen LogP contribution in [-0.4, -0.2) is 13.1 Å². The highest BCUT2D eigenvalue weighted by atomic mass is 14.9. The third-order valence-electron chi connectivity index (χ3n) is 4.06. The maximum Gasteiger partial charge on any atom is 0.0346 e. The first-order valence-electron chi connectivity index (χ1n) is 6.80. The van der Waals surface area contributed by atoms with Crippen LogP contribution in [0, 0.1) is 5.41 Å². The topological polar surface area (TPSA) is 38.0 Å². The molecule has 1 fully saturated rings. The quantitative estimate of drug-likeness (QED) is 0.560. The first-order valence-corrected chi connectivity index (χ1v) is 6.80. The second-order valence-corrected chi connectivity index (χ2v) is 5.33. The van der Waals surface area contributed by atoms with Crippen LogP contribution in [0.3, 0.4) is 0 Å². The normalized spacial score (nSPS) is 17.0. The van der Waals surface area contributed by atoms with E-state index in [-0.39, 0.29) is 0 Å². The number of nitrogens with two attached hydrogens (primary N) is 1. The van der Waals surface area contributed by atoms with Crippen LogP contribution in [0.2, 0.25) is 0 Å². The van der Waals surface area contributed by atoms with Crippen molar-refractivity contribution < 1.29 is 0 Å². The average molecular weight is 232 g/mol. The predicted molar refractivity (Wildman–Crippen MR) is 74.0 cm³/mol.